The summed E-state index contributed by atoms with van der Waals surface area (Å²) in [6.07, 6.45) is 7.11. The Bertz CT molecular complexity index is 1370. The minimum Gasteiger partial charge on any atom is -0.481 e. The molecule has 32 heavy (non-hydrogen) atoms. The summed E-state index contributed by atoms with van der Waals surface area (Å²) in [7, 11) is 0. The van der Waals surface area contributed by atoms with Crippen LogP contribution < -0.4 is 5.32 Å². The van der Waals surface area contributed by atoms with Gasteiger partial charge in [0.2, 0.25) is 0 Å². The fourth-order valence-electron chi connectivity index (χ4n) is 4.80. The van der Waals surface area contributed by atoms with Crippen molar-refractivity contribution in [2.24, 2.45) is 17.8 Å². The number of nitrogens with zero attached hydrogens (tertiary/aromatic N) is 4. The van der Waals surface area contributed by atoms with Gasteiger partial charge in [-0.25, -0.2) is 19.3 Å². The van der Waals surface area contributed by atoms with E-state index in [1.54, 1.807) is 0 Å². The molecule has 3 N–H and O–H groups in total. The Hall–Kier alpha value is -3.11. The van der Waals surface area contributed by atoms with E-state index in [0.29, 0.717) is 28.4 Å². The standard InChI is InChI=1S/C21H17FN6O2S.ClH/c22-11-7-12-16(27-28-18(12)23-8-11)19-24-13-5-6-31-17(13)20(26-19)25-15-10-3-1-9(2-4-10)14(15)21(29)30;/h1,3,5-10,14-15H,2,4H2,(H,29,30)(H,23,27,28)(H,24,25,26);1H/t9?,10?,14-,15-;/m0./s1. The lowest BCUT2D eigenvalue weighted by Crippen LogP contribution is -2.49. The maximum absolute atomic E-state index is 13.8. The van der Waals surface area contributed by atoms with Gasteiger partial charge in [-0.2, -0.15) is 5.10 Å². The second kappa shape index (κ2) is 7.79. The number of carboxylic acid groups (broad SMARTS) is 1. The van der Waals surface area contributed by atoms with E-state index < -0.39 is 17.7 Å². The third-order valence-electron chi connectivity index (χ3n) is 6.24. The SMILES string of the molecule is Cl.O=C(O)[C@H]1C2C=CC(CC2)[C@@H]1Nc1nc(-c2[nH]nc3ncc(F)cc23)nc2ccsc12. The van der Waals surface area contributed by atoms with Crippen molar-refractivity contribution in [2.75, 3.05) is 5.32 Å². The lowest BCUT2D eigenvalue weighted by atomic mass is 9.66. The molecule has 0 saturated heterocycles. The molecule has 3 aliphatic carbocycles. The first-order valence-corrected chi connectivity index (χ1v) is 10.9. The van der Waals surface area contributed by atoms with Crippen LogP contribution in [0.4, 0.5) is 10.2 Å². The number of pyridine rings is 1. The van der Waals surface area contributed by atoms with Gasteiger partial charge in [-0.15, -0.1) is 23.7 Å². The highest BCUT2D eigenvalue weighted by atomic mass is 35.5. The van der Waals surface area contributed by atoms with Crippen LogP contribution in [0.2, 0.25) is 0 Å². The summed E-state index contributed by atoms with van der Waals surface area (Å²) in [6, 6.07) is 2.97. The second-order valence-corrected chi connectivity index (χ2v) is 8.89. The second-order valence-electron chi connectivity index (χ2n) is 7.98. The van der Waals surface area contributed by atoms with Crippen molar-refractivity contribution >= 4 is 56.8 Å². The van der Waals surface area contributed by atoms with Gasteiger partial charge in [0.05, 0.1) is 27.7 Å². The van der Waals surface area contributed by atoms with Gasteiger partial charge in [0.15, 0.2) is 11.5 Å². The highest BCUT2D eigenvalue weighted by molar-refractivity contribution is 7.17. The number of H-pyrrole nitrogens is 1. The molecule has 7 rings (SSSR count). The fraction of sp³-hybridized carbons (Fsp3) is 0.286. The van der Waals surface area contributed by atoms with E-state index in [0.717, 1.165) is 29.3 Å². The number of hydrogen-bond acceptors (Lipinski definition) is 7. The molecule has 2 bridgehead atoms. The van der Waals surface area contributed by atoms with Crippen molar-refractivity contribution in [1.29, 1.82) is 0 Å². The van der Waals surface area contributed by atoms with E-state index in [-0.39, 0.29) is 30.3 Å². The van der Waals surface area contributed by atoms with Crippen molar-refractivity contribution in [3.63, 3.8) is 0 Å². The Kier molecular flexibility index (Phi) is 5.06. The Morgan fingerprint density at radius 2 is 2.06 bits per heavy atom. The summed E-state index contributed by atoms with van der Waals surface area (Å²) in [4.78, 5) is 25.4. The lowest BCUT2D eigenvalue weighted by molar-refractivity contribution is -0.145. The van der Waals surface area contributed by atoms with Gasteiger partial charge >= 0.3 is 5.97 Å². The van der Waals surface area contributed by atoms with Gasteiger partial charge < -0.3 is 10.4 Å². The number of nitrogens with one attached hydrogen (secondary N) is 2. The Balaban J connectivity index is 0.00000216. The van der Waals surface area contributed by atoms with E-state index in [9.17, 15) is 14.3 Å². The van der Waals surface area contributed by atoms with Gasteiger partial charge in [-0.1, -0.05) is 12.2 Å². The monoisotopic (exact) mass is 472 g/mol. The van der Waals surface area contributed by atoms with Crippen LogP contribution in [0, 0.1) is 23.6 Å². The molecular weight excluding hydrogens is 455 g/mol. The van der Waals surface area contributed by atoms with Crippen LogP contribution in [0.5, 0.6) is 0 Å². The summed E-state index contributed by atoms with van der Waals surface area (Å²) < 4.78 is 14.6. The van der Waals surface area contributed by atoms with E-state index >= 15 is 0 Å². The number of aromatic nitrogens is 5. The number of rotatable bonds is 4. The van der Waals surface area contributed by atoms with Crippen LogP contribution in [0.25, 0.3) is 32.8 Å². The molecule has 4 aromatic rings. The average molecular weight is 473 g/mol. The topological polar surface area (TPSA) is 117 Å². The molecule has 1 fully saturated rings. The van der Waals surface area contributed by atoms with Gasteiger partial charge in [-0.3, -0.25) is 9.89 Å². The number of anilines is 1. The third-order valence-corrected chi connectivity index (χ3v) is 7.15. The molecule has 3 aliphatic rings. The van der Waals surface area contributed by atoms with Crippen molar-refractivity contribution in [3.05, 3.63) is 41.7 Å². The molecular formula is C21H18ClFN6O2S. The van der Waals surface area contributed by atoms with E-state index in [1.807, 2.05) is 17.5 Å². The van der Waals surface area contributed by atoms with Gasteiger partial charge in [-0.05, 0) is 42.2 Å². The predicted molar refractivity (Wildman–Crippen MR) is 121 cm³/mol. The quantitative estimate of drug-likeness (QED) is 0.380. The van der Waals surface area contributed by atoms with E-state index in [4.69, 9.17) is 4.98 Å². The molecule has 8 nitrogen and oxygen atoms in total. The molecule has 0 aromatic carbocycles. The van der Waals surface area contributed by atoms with Crippen molar-refractivity contribution in [2.45, 2.75) is 18.9 Å². The van der Waals surface area contributed by atoms with Crippen LogP contribution >= 0.6 is 23.7 Å². The molecule has 4 atom stereocenters. The maximum atomic E-state index is 13.8. The molecule has 4 heterocycles. The van der Waals surface area contributed by atoms with Crippen molar-refractivity contribution < 1.29 is 14.3 Å². The minimum absolute atomic E-state index is 0. The molecule has 0 radical (unpaired) electrons. The highest BCUT2D eigenvalue weighted by Gasteiger charge is 2.45. The van der Waals surface area contributed by atoms with Crippen LogP contribution in [0.3, 0.4) is 0 Å². The average Bonchev–Trinajstić information content (AvgIpc) is 3.41. The highest BCUT2D eigenvalue weighted by Crippen LogP contribution is 2.43. The van der Waals surface area contributed by atoms with E-state index in [2.05, 4.69) is 31.6 Å². The van der Waals surface area contributed by atoms with Crippen LogP contribution in [-0.4, -0.2) is 42.3 Å². The van der Waals surface area contributed by atoms with Gasteiger partial charge in [0.1, 0.15) is 17.3 Å². The normalized spacial score (nSPS) is 24.0. The van der Waals surface area contributed by atoms with Crippen LogP contribution in [0.1, 0.15) is 12.8 Å². The first kappa shape index (κ1) is 20.8. The number of aliphatic carboxylic acids is 1. The van der Waals surface area contributed by atoms with E-state index in [1.165, 1.54) is 17.4 Å². The zero-order valence-corrected chi connectivity index (χ0v) is 18.2. The molecule has 0 spiro atoms. The molecule has 0 amide bonds. The fourth-order valence-corrected chi connectivity index (χ4v) is 5.59. The number of halogens is 2. The Morgan fingerprint density at radius 1 is 1.25 bits per heavy atom. The number of fused-ring (bicyclic) bond motifs is 4. The van der Waals surface area contributed by atoms with Crippen molar-refractivity contribution in [3.8, 4) is 11.5 Å². The number of carboxylic acids is 1. The zero-order valence-electron chi connectivity index (χ0n) is 16.5. The summed E-state index contributed by atoms with van der Waals surface area (Å²) in [5.41, 5.74) is 1.58. The predicted octanol–water partition coefficient (Wildman–Crippen LogP) is 4.27. The van der Waals surface area contributed by atoms with Gasteiger partial charge in [0.25, 0.3) is 0 Å². The number of allylic oxidation sites excluding steroid dienone is 1. The first-order chi connectivity index (χ1) is 15.1. The lowest BCUT2D eigenvalue weighted by Gasteiger charge is -2.43. The number of hydrogen-bond donors (Lipinski definition) is 3. The third kappa shape index (κ3) is 3.21. The minimum atomic E-state index is -0.797. The molecule has 164 valence electrons. The first-order valence-electron chi connectivity index (χ1n) is 10.0. The Labute approximate surface area is 191 Å². The van der Waals surface area contributed by atoms with Crippen molar-refractivity contribution in [1.82, 2.24) is 25.1 Å². The smallest absolute Gasteiger partial charge is 0.309 e. The molecule has 11 heteroatoms. The number of thiophene rings is 1. The largest absolute Gasteiger partial charge is 0.481 e. The summed E-state index contributed by atoms with van der Waals surface area (Å²) in [5, 5.41) is 22.7. The zero-order chi connectivity index (χ0) is 21.1. The summed E-state index contributed by atoms with van der Waals surface area (Å²) in [6.45, 7) is 0. The number of carbonyl (C=O) groups is 1. The summed E-state index contributed by atoms with van der Waals surface area (Å²) in [5.74, 6) is -0.695. The molecule has 4 aromatic heterocycles. The molecule has 1 saturated carbocycles. The Morgan fingerprint density at radius 3 is 2.84 bits per heavy atom. The molecule has 0 aliphatic heterocycles. The molecule has 2 unspecified atom stereocenters. The van der Waals surface area contributed by atoms with Gasteiger partial charge in [0, 0.05) is 6.04 Å². The van der Waals surface area contributed by atoms with Crippen LogP contribution in [0.15, 0.2) is 35.9 Å². The maximum Gasteiger partial charge on any atom is 0.309 e. The summed E-state index contributed by atoms with van der Waals surface area (Å²) >= 11 is 1.49. The van der Waals surface area contributed by atoms with Crippen LogP contribution in [-0.2, 0) is 4.79 Å². The number of aromatic amines is 1.